The Morgan fingerprint density at radius 2 is 2.33 bits per heavy atom. The van der Waals surface area contributed by atoms with Crippen LogP contribution in [0.3, 0.4) is 0 Å². The molecule has 0 aromatic carbocycles. The van der Waals surface area contributed by atoms with E-state index < -0.39 is 0 Å². The zero-order chi connectivity index (χ0) is 14.8. The zero-order valence-corrected chi connectivity index (χ0v) is 11.8. The molecule has 1 aliphatic heterocycles. The fourth-order valence-electron chi connectivity index (χ4n) is 2.64. The molecule has 2 aromatic heterocycles. The number of nitrogens with zero attached hydrogens (tertiary/aromatic N) is 3. The molecule has 21 heavy (non-hydrogen) atoms. The molecule has 1 amide bonds. The largest absolute Gasteiger partial charge is 0.349 e. The zero-order valence-electron chi connectivity index (χ0n) is 11.8. The Morgan fingerprint density at radius 3 is 3.14 bits per heavy atom. The highest BCUT2D eigenvalue weighted by Gasteiger charge is 2.21. The summed E-state index contributed by atoms with van der Waals surface area (Å²) in [7, 11) is 0. The fraction of sp³-hybridized carbons (Fsp3) is 0.429. The van der Waals surface area contributed by atoms with Crippen molar-refractivity contribution in [1.29, 1.82) is 0 Å². The Kier molecular flexibility index (Phi) is 3.55. The summed E-state index contributed by atoms with van der Waals surface area (Å²) in [6, 6.07) is 1.77. The van der Waals surface area contributed by atoms with Crippen LogP contribution in [-0.4, -0.2) is 31.7 Å². The number of nitrogens with one attached hydrogen (secondary N) is 2. The lowest BCUT2D eigenvalue weighted by Gasteiger charge is -2.16. The summed E-state index contributed by atoms with van der Waals surface area (Å²) in [5.74, 6) is 0.671. The molecule has 1 aliphatic rings. The number of pyridine rings is 1. The van der Waals surface area contributed by atoms with Gasteiger partial charge in [0, 0.05) is 37.0 Å². The van der Waals surface area contributed by atoms with Crippen LogP contribution in [0.4, 0.5) is 0 Å². The molecule has 0 fully saturated rings. The number of aromatic amines is 1. The Hall–Kier alpha value is -2.44. The lowest BCUT2D eigenvalue weighted by atomic mass is 10.1. The lowest BCUT2D eigenvalue weighted by Crippen LogP contribution is -2.35. The number of hydrogen-bond donors (Lipinski definition) is 2. The second-order valence-electron chi connectivity index (χ2n) is 5.28. The van der Waals surface area contributed by atoms with E-state index in [9.17, 15) is 9.59 Å². The van der Waals surface area contributed by atoms with Crippen LogP contribution in [0.5, 0.6) is 0 Å². The minimum absolute atomic E-state index is 0.0474. The summed E-state index contributed by atoms with van der Waals surface area (Å²) in [6.45, 7) is 2.44. The van der Waals surface area contributed by atoms with Crippen molar-refractivity contribution < 1.29 is 4.79 Å². The predicted octanol–water partition coefficient (Wildman–Crippen LogP) is 0.410. The van der Waals surface area contributed by atoms with Crippen molar-refractivity contribution in [1.82, 2.24) is 25.1 Å². The van der Waals surface area contributed by atoms with Crippen LogP contribution in [0.25, 0.3) is 0 Å². The molecule has 0 saturated heterocycles. The van der Waals surface area contributed by atoms with E-state index in [1.54, 1.807) is 23.0 Å². The summed E-state index contributed by atoms with van der Waals surface area (Å²) in [5.41, 5.74) is 1.32. The highest BCUT2D eigenvalue weighted by Crippen LogP contribution is 2.13. The fourth-order valence-corrected chi connectivity index (χ4v) is 2.64. The molecule has 110 valence electrons. The van der Waals surface area contributed by atoms with Crippen LogP contribution in [0, 0.1) is 6.92 Å². The smallest absolute Gasteiger partial charge is 0.343 e. The Balaban J connectivity index is 1.69. The molecule has 3 heterocycles. The molecule has 7 nitrogen and oxygen atoms in total. The van der Waals surface area contributed by atoms with Crippen LogP contribution in [-0.2, 0) is 13.0 Å². The topological polar surface area (TPSA) is 92.7 Å². The molecular formula is C14H17N5O2. The van der Waals surface area contributed by atoms with Gasteiger partial charge in [0.15, 0.2) is 0 Å². The summed E-state index contributed by atoms with van der Waals surface area (Å²) in [4.78, 5) is 27.8. The van der Waals surface area contributed by atoms with Crippen LogP contribution >= 0.6 is 0 Å². The summed E-state index contributed by atoms with van der Waals surface area (Å²) < 4.78 is 1.64. The maximum absolute atomic E-state index is 12.3. The van der Waals surface area contributed by atoms with E-state index in [0.717, 1.165) is 24.2 Å². The van der Waals surface area contributed by atoms with Crippen molar-refractivity contribution >= 4 is 5.91 Å². The second-order valence-corrected chi connectivity index (χ2v) is 5.28. The first kappa shape index (κ1) is 13.5. The maximum Gasteiger partial charge on any atom is 0.343 e. The van der Waals surface area contributed by atoms with Crippen LogP contribution in [0.1, 0.15) is 34.6 Å². The Labute approximate surface area is 121 Å². The van der Waals surface area contributed by atoms with Gasteiger partial charge in [0.1, 0.15) is 5.82 Å². The first-order valence-corrected chi connectivity index (χ1v) is 7.00. The van der Waals surface area contributed by atoms with E-state index in [-0.39, 0.29) is 17.6 Å². The van der Waals surface area contributed by atoms with E-state index in [1.807, 2.05) is 6.92 Å². The highest BCUT2D eigenvalue weighted by molar-refractivity contribution is 5.95. The van der Waals surface area contributed by atoms with E-state index >= 15 is 0 Å². The second kappa shape index (κ2) is 5.51. The SMILES string of the molecule is Cc1cnccc1C(=O)NC1CCc2n[nH]c(=O)n2CC1. The van der Waals surface area contributed by atoms with Crippen LogP contribution < -0.4 is 11.0 Å². The van der Waals surface area contributed by atoms with Crippen LogP contribution in [0.2, 0.25) is 0 Å². The number of aromatic nitrogens is 4. The summed E-state index contributed by atoms with van der Waals surface area (Å²) >= 11 is 0. The minimum Gasteiger partial charge on any atom is -0.349 e. The Bertz CT molecular complexity index is 718. The Morgan fingerprint density at radius 1 is 1.48 bits per heavy atom. The van der Waals surface area contributed by atoms with Gasteiger partial charge >= 0.3 is 5.69 Å². The third-order valence-corrected chi connectivity index (χ3v) is 3.86. The number of aryl methyl sites for hydroxylation is 2. The molecule has 0 radical (unpaired) electrons. The standard InChI is InChI=1S/C14H17N5O2/c1-9-8-15-6-4-11(9)13(20)16-10-2-3-12-17-18-14(21)19(12)7-5-10/h4,6,8,10H,2-3,5,7H2,1H3,(H,16,20)(H,18,21). The van der Waals surface area contributed by atoms with Gasteiger partial charge in [0.2, 0.25) is 0 Å². The lowest BCUT2D eigenvalue weighted by molar-refractivity contribution is 0.0932. The van der Waals surface area contributed by atoms with Gasteiger partial charge in [-0.3, -0.25) is 14.3 Å². The van der Waals surface area contributed by atoms with E-state index in [4.69, 9.17) is 0 Å². The molecule has 0 spiro atoms. The molecule has 7 heteroatoms. The van der Waals surface area contributed by atoms with E-state index in [0.29, 0.717) is 18.5 Å². The number of amides is 1. The van der Waals surface area contributed by atoms with Gasteiger partial charge < -0.3 is 5.32 Å². The normalized spacial score (nSPS) is 17.9. The van der Waals surface area contributed by atoms with Crippen molar-refractivity contribution in [2.75, 3.05) is 0 Å². The van der Waals surface area contributed by atoms with E-state index in [1.165, 1.54) is 0 Å². The number of H-pyrrole nitrogens is 1. The third kappa shape index (κ3) is 2.72. The summed E-state index contributed by atoms with van der Waals surface area (Å²) in [6.07, 6.45) is 5.48. The number of rotatable bonds is 2. The van der Waals surface area contributed by atoms with Crippen molar-refractivity contribution in [2.45, 2.75) is 38.8 Å². The van der Waals surface area contributed by atoms with Crippen molar-refractivity contribution in [3.63, 3.8) is 0 Å². The molecule has 0 saturated carbocycles. The molecule has 2 N–H and O–H groups in total. The van der Waals surface area contributed by atoms with Gasteiger partial charge in [-0.25, -0.2) is 9.89 Å². The summed E-state index contributed by atoms with van der Waals surface area (Å²) in [5, 5.41) is 9.51. The number of carbonyl (C=O) groups is 1. The number of hydrogen-bond acceptors (Lipinski definition) is 4. The number of fused-ring (bicyclic) bond motifs is 1. The average Bonchev–Trinajstić information content (AvgIpc) is 2.70. The molecule has 1 atom stereocenters. The minimum atomic E-state index is -0.179. The first-order chi connectivity index (χ1) is 10.1. The molecular weight excluding hydrogens is 270 g/mol. The highest BCUT2D eigenvalue weighted by atomic mass is 16.2. The molecule has 3 rings (SSSR count). The predicted molar refractivity (Wildman–Crippen MR) is 76.0 cm³/mol. The van der Waals surface area contributed by atoms with Crippen molar-refractivity contribution in [2.24, 2.45) is 0 Å². The van der Waals surface area contributed by atoms with Gasteiger partial charge in [-0.05, 0) is 31.4 Å². The average molecular weight is 287 g/mol. The molecule has 1 unspecified atom stereocenters. The third-order valence-electron chi connectivity index (χ3n) is 3.86. The molecule has 0 bridgehead atoms. The van der Waals surface area contributed by atoms with Crippen molar-refractivity contribution in [3.8, 4) is 0 Å². The maximum atomic E-state index is 12.3. The van der Waals surface area contributed by atoms with Crippen molar-refractivity contribution in [3.05, 3.63) is 45.9 Å². The van der Waals surface area contributed by atoms with Gasteiger partial charge in [-0.2, -0.15) is 5.10 Å². The number of carbonyl (C=O) groups excluding carboxylic acids is 1. The first-order valence-electron chi connectivity index (χ1n) is 7.00. The van der Waals surface area contributed by atoms with Gasteiger partial charge in [0.05, 0.1) is 0 Å². The van der Waals surface area contributed by atoms with Gasteiger partial charge in [-0.15, -0.1) is 0 Å². The van der Waals surface area contributed by atoms with Gasteiger partial charge in [0.25, 0.3) is 5.91 Å². The van der Waals surface area contributed by atoms with Gasteiger partial charge in [-0.1, -0.05) is 0 Å². The molecule has 0 aliphatic carbocycles. The van der Waals surface area contributed by atoms with Crippen LogP contribution in [0.15, 0.2) is 23.3 Å². The molecule has 2 aromatic rings. The van der Waals surface area contributed by atoms with E-state index in [2.05, 4.69) is 20.5 Å². The quantitative estimate of drug-likeness (QED) is 0.836. The monoisotopic (exact) mass is 287 g/mol.